The van der Waals surface area contributed by atoms with Gasteiger partial charge in [-0.1, -0.05) is 84.9 Å². The summed E-state index contributed by atoms with van der Waals surface area (Å²) in [6.45, 7) is 0. The molecule has 0 unspecified atom stereocenters. The second-order valence-corrected chi connectivity index (χ2v) is 11.6. The lowest BCUT2D eigenvalue weighted by Gasteiger charge is -2.13. The van der Waals surface area contributed by atoms with E-state index < -0.39 is 11.3 Å². The summed E-state index contributed by atoms with van der Waals surface area (Å²) < 4.78 is 11.8. The highest BCUT2D eigenvalue weighted by Crippen LogP contribution is 2.36. The van der Waals surface area contributed by atoms with Gasteiger partial charge in [0, 0.05) is 37.7 Å². The Labute approximate surface area is 248 Å². The highest BCUT2D eigenvalue weighted by Gasteiger charge is 2.20. The maximum atomic E-state index is 13.5. The van der Waals surface area contributed by atoms with Crippen LogP contribution in [0.2, 0.25) is 0 Å². The first kappa shape index (κ1) is 25.9. The third kappa shape index (κ3) is 4.87. The van der Waals surface area contributed by atoms with Crippen molar-refractivity contribution in [3.8, 4) is 22.3 Å². The summed E-state index contributed by atoms with van der Waals surface area (Å²) in [6.07, 6.45) is 7.95. The van der Waals surface area contributed by atoms with Crippen molar-refractivity contribution in [1.82, 2.24) is 0 Å². The number of rotatable bonds is 6. The van der Waals surface area contributed by atoms with Gasteiger partial charge >= 0.3 is 11.3 Å². The standard InChI is InChI=1S/C36H22O4S2/c37-35-33(23-9-3-1-4-10-23)27(17-15-25-13-7-19-41-25)29-21-30-28(18-16-26-14-8-20-42-26)34(24-11-5-2-6-12-24)36(38)40-32(30)22-31(29)39-35/h1-22H/b17-15+,18-16+. The van der Waals surface area contributed by atoms with E-state index in [1.165, 1.54) is 0 Å². The molecule has 202 valence electrons. The van der Waals surface area contributed by atoms with E-state index in [9.17, 15) is 9.59 Å². The molecule has 42 heavy (non-hydrogen) atoms. The summed E-state index contributed by atoms with van der Waals surface area (Å²) in [5.74, 6) is 0. The van der Waals surface area contributed by atoms with Crippen LogP contribution < -0.4 is 11.3 Å². The zero-order valence-corrected chi connectivity index (χ0v) is 23.8. The van der Waals surface area contributed by atoms with Crippen LogP contribution in [-0.2, 0) is 0 Å². The molecule has 4 heterocycles. The summed E-state index contributed by atoms with van der Waals surface area (Å²) in [5.41, 5.74) is 3.75. The second-order valence-electron chi connectivity index (χ2n) is 9.63. The first-order chi connectivity index (χ1) is 20.7. The van der Waals surface area contributed by atoms with Crippen molar-refractivity contribution in [3.05, 3.63) is 150 Å². The molecule has 0 N–H and O–H groups in total. The molecule has 0 radical (unpaired) electrons. The predicted molar refractivity (Wildman–Crippen MR) is 176 cm³/mol. The zero-order valence-electron chi connectivity index (χ0n) is 22.2. The van der Waals surface area contributed by atoms with E-state index in [0.29, 0.717) is 22.3 Å². The number of benzene rings is 3. The fraction of sp³-hybridized carbons (Fsp3) is 0. The molecule has 4 aromatic heterocycles. The van der Waals surface area contributed by atoms with Gasteiger partial charge in [0.1, 0.15) is 11.2 Å². The quantitative estimate of drug-likeness (QED) is 0.145. The average Bonchev–Trinajstić information content (AvgIpc) is 3.73. The van der Waals surface area contributed by atoms with E-state index in [1.54, 1.807) is 28.7 Å². The SMILES string of the molecule is O=c1oc2cc3oc(=O)c(-c4ccccc4)c(/C=C/c4cccs4)c3cc2c(/C=C/c2cccs2)c1-c1ccccc1. The van der Waals surface area contributed by atoms with Crippen LogP contribution in [0, 0.1) is 0 Å². The van der Waals surface area contributed by atoms with E-state index in [0.717, 1.165) is 42.8 Å². The van der Waals surface area contributed by atoms with Crippen molar-refractivity contribution in [1.29, 1.82) is 0 Å². The Bertz CT molecular complexity index is 2050. The molecule has 0 bridgehead atoms. The van der Waals surface area contributed by atoms with Crippen molar-refractivity contribution >= 4 is 68.9 Å². The van der Waals surface area contributed by atoms with Gasteiger partial charge in [-0.15, -0.1) is 22.7 Å². The van der Waals surface area contributed by atoms with Gasteiger partial charge < -0.3 is 8.83 Å². The first-order valence-electron chi connectivity index (χ1n) is 13.3. The largest absolute Gasteiger partial charge is 0.422 e. The lowest BCUT2D eigenvalue weighted by Crippen LogP contribution is -2.08. The molecule has 0 aliphatic heterocycles. The van der Waals surface area contributed by atoms with E-state index in [-0.39, 0.29) is 0 Å². The van der Waals surface area contributed by atoms with Gasteiger partial charge in [-0.3, -0.25) is 0 Å². The molecular formula is C36H22O4S2. The molecule has 4 nitrogen and oxygen atoms in total. The molecule has 7 aromatic rings. The smallest absolute Gasteiger partial charge is 0.344 e. The Morgan fingerprint density at radius 2 is 0.952 bits per heavy atom. The lowest BCUT2D eigenvalue weighted by atomic mass is 9.94. The summed E-state index contributed by atoms with van der Waals surface area (Å²) >= 11 is 3.24. The van der Waals surface area contributed by atoms with Gasteiger partial charge in [0.25, 0.3) is 0 Å². The minimum absolute atomic E-state index is 0.349. The third-order valence-electron chi connectivity index (χ3n) is 7.05. The van der Waals surface area contributed by atoms with Gasteiger partial charge in [0.2, 0.25) is 0 Å². The van der Waals surface area contributed by atoms with E-state index in [1.807, 2.05) is 126 Å². The zero-order chi connectivity index (χ0) is 28.5. The molecule has 0 saturated heterocycles. The summed E-state index contributed by atoms with van der Waals surface area (Å²) in [7, 11) is 0. The summed E-state index contributed by atoms with van der Waals surface area (Å²) in [4.78, 5) is 29.0. The topological polar surface area (TPSA) is 60.4 Å². The van der Waals surface area contributed by atoms with Crippen molar-refractivity contribution < 1.29 is 8.83 Å². The monoisotopic (exact) mass is 582 g/mol. The summed E-state index contributed by atoms with van der Waals surface area (Å²) in [6, 6.07) is 30.7. The van der Waals surface area contributed by atoms with Gasteiger partial charge in [0.15, 0.2) is 0 Å². The number of hydrogen-bond donors (Lipinski definition) is 0. The third-order valence-corrected chi connectivity index (χ3v) is 8.73. The Kier molecular flexibility index (Phi) is 6.84. The van der Waals surface area contributed by atoms with Crippen LogP contribution in [0.1, 0.15) is 20.9 Å². The molecule has 6 heteroatoms. The first-order valence-corrected chi connectivity index (χ1v) is 15.1. The van der Waals surface area contributed by atoms with Crippen LogP contribution in [0.15, 0.2) is 126 Å². The Balaban J connectivity index is 1.58. The molecule has 0 amide bonds. The summed E-state index contributed by atoms with van der Waals surface area (Å²) in [5, 5.41) is 5.52. The Morgan fingerprint density at radius 3 is 1.36 bits per heavy atom. The Morgan fingerprint density at radius 1 is 0.500 bits per heavy atom. The molecule has 0 fully saturated rings. The second kappa shape index (κ2) is 11.1. The predicted octanol–water partition coefficient (Wildman–Crippen LogP) is 9.70. The molecule has 0 aliphatic carbocycles. The number of hydrogen-bond acceptors (Lipinski definition) is 6. The maximum absolute atomic E-state index is 13.5. The number of thiophene rings is 2. The minimum atomic E-state index is -0.458. The molecule has 0 spiro atoms. The molecular weight excluding hydrogens is 561 g/mol. The van der Waals surface area contributed by atoms with Crippen LogP contribution in [0.3, 0.4) is 0 Å². The van der Waals surface area contributed by atoms with Crippen molar-refractivity contribution in [3.63, 3.8) is 0 Å². The van der Waals surface area contributed by atoms with Crippen LogP contribution in [0.5, 0.6) is 0 Å². The van der Waals surface area contributed by atoms with Gasteiger partial charge in [-0.2, -0.15) is 0 Å². The van der Waals surface area contributed by atoms with Crippen LogP contribution in [-0.4, -0.2) is 0 Å². The van der Waals surface area contributed by atoms with Crippen molar-refractivity contribution in [2.75, 3.05) is 0 Å². The van der Waals surface area contributed by atoms with Gasteiger partial charge in [-0.05, 0) is 52.2 Å². The molecule has 0 aliphatic rings. The van der Waals surface area contributed by atoms with Gasteiger partial charge in [-0.25, -0.2) is 9.59 Å². The van der Waals surface area contributed by atoms with E-state index in [2.05, 4.69) is 0 Å². The van der Waals surface area contributed by atoms with Crippen LogP contribution >= 0.6 is 22.7 Å². The van der Waals surface area contributed by atoms with Crippen molar-refractivity contribution in [2.45, 2.75) is 0 Å². The highest BCUT2D eigenvalue weighted by molar-refractivity contribution is 7.11. The minimum Gasteiger partial charge on any atom is -0.422 e. The fourth-order valence-electron chi connectivity index (χ4n) is 5.15. The molecule has 0 saturated carbocycles. The fourth-order valence-corrected chi connectivity index (χ4v) is 6.38. The molecule has 3 aromatic carbocycles. The van der Waals surface area contributed by atoms with Crippen LogP contribution in [0.25, 0.3) is 68.5 Å². The van der Waals surface area contributed by atoms with Crippen LogP contribution in [0.4, 0.5) is 0 Å². The Hall–Kier alpha value is -5.04. The van der Waals surface area contributed by atoms with Crippen molar-refractivity contribution in [2.24, 2.45) is 0 Å². The number of fused-ring (bicyclic) bond motifs is 2. The molecule has 7 rings (SSSR count). The van der Waals surface area contributed by atoms with E-state index >= 15 is 0 Å². The van der Waals surface area contributed by atoms with E-state index in [4.69, 9.17) is 8.83 Å². The lowest BCUT2D eigenvalue weighted by molar-refractivity contribution is 0.551. The average molecular weight is 583 g/mol. The van der Waals surface area contributed by atoms with Gasteiger partial charge in [0.05, 0.1) is 11.1 Å². The molecule has 0 atom stereocenters. The highest BCUT2D eigenvalue weighted by atomic mass is 32.1. The maximum Gasteiger partial charge on any atom is 0.344 e. The normalized spacial score (nSPS) is 11.8.